The molecule has 0 unspecified atom stereocenters. The minimum Gasteiger partial charge on any atom is -0.350 e. The summed E-state index contributed by atoms with van der Waals surface area (Å²) in [5.74, 6) is 5.59. The lowest BCUT2D eigenvalue weighted by Crippen LogP contribution is -2.43. The van der Waals surface area contributed by atoms with E-state index in [1.165, 1.54) is 6.07 Å². The Balaban J connectivity index is 2.40. The van der Waals surface area contributed by atoms with Crippen LogP contribution in [-0.2, 0) is 0 Å². The van der Waals surface area contributed by atoms with Gasteiger partial charge in [0.2, 0.25) is 5.95 Å². The summed E-state index contributed by atoms with van der Waals surface area (Å²) < 4.78 is 0.797. The van der Waals surface area contributed by atoms with Crippen molar-refractivity contribution >= 4 is 17.7 Å². The van der Waals surface area contributed by atoms with E-state index in [-0.39, 0.29) is 5.95 Å². The summed E-state index contributed by atoms with van der Waals surface area (Å²) in [6.45, 7) is 1.64. The van der Waals surface area contributed by atoms with E-state index in [4.69, 9.17) is 11.6 Å². The number of aromatic nitrogens is 2. The molecule has 0 radical (unpaired) electrons. The Hall–Kier alpha value is -3.03. The highest BCUT2D eigenvalue weighted by Crippen LogP contribution is 2.13. The third-order valence-electron chi connectivity index (χ3n) is 2.53. The van der Waals surface area contributed by atoms with Crippen LogP contribution in [0.1, 0.15) is 5.69 Å². The molecule has 20 heavy (non-hydrogen) atoms. The molecule has 2 amide bonds. The van der Waals surface area contributed by atoms with Crippen molar-refractivity contribution < 1.29 is 4.79 Å². The van der Waals surface area contributed by atoms with Crippen molar-refractivity contribution in [1.29, 1.82) is 0 Å². The summed E-state index contributed by atoms with van der Waals surface area (Å²) in [6.07, 6.45) is 0. The van der Waals surface area contributed by atoms with Gasteiger partial charge in [0.05, 0.1) is 5.69 Å². The van der Waals surface area contributed by atoms with Crippen molar-refractivity contribution in [3.63, 3.8) is 0 Å². The molecule has 2 aromatic rings. The zero-order valence-electron chi connectivity index (χ0n) is 10.8. The van der Waals surface area contributed by atoms with Crippen LogP contribution in [0.25, 0.3) is 0 Å². The minimum absolute atomic E-state index is 0.0117. The van der Waals surface area contributed by atoms with Gasteiger partial charge < -0.3 is 11.6 Å². The van der Waals surface area contributed by atoms with Gasteiger partial charge in [-0.25, -0.2) is 14.8 Å². The topological polar surface area (TPSA) is 119 Å². The Labute approximate surface area is 114 Å². The molecule has 0 fully saturated rings. The number of nitrogens with one attached hydrogen (secondary N) is 1. The fourth-order valence-corrected chi connectivity index (χ4v) is 1.61. The summed E-state index contributed by atoms with van der Waals surface area (Å²) in [5, 5.41) is 1.05. The summed E-state index contributed by atoms with van der Waals surface area (Å²) >= 11 is 0. The second-order valence-corrected chi connectivity index (χ2v) is 4.05. The molecule has 5 N–H and O–H groups in total. The molecule has 0 aliphatic heterocycles. The number of nitrogen functional groups attached to an aromatic ring is 1. The summed E-state index contributed by atoms with van der Waals surface area (Å²) in [6, 6.07) is 9.15. The maximum atomic E-state index is 11.6. The van der Waals surface area contributed by atoms with Crippen LogP contribution in [0.5, 0.6) is 0 Å². The normalized spacial score (nSPS) is 10.1. The van der Waals surface area contributed by atoms with Crippen LogP contribution in [0.15, 0.2) is 41.2 Å². The van der Waals surface area contributed by atoms with E-state index in [1.54, 1.807) is 37.3 Å². The van der Waals surface area contributed by atoms with Crippen LogP contribution < -0.4 is 27.6 Å². The molecular formula is C12H14N6O2. The molecule has 2 rings (SSSR count). The van der Waals surface area contributed by atoms with E-state index in [1.807, 2.05) is 0 Å². The monoisotopic (exact) mass is 274 g/mol. The van der Waals surface area contributed by atoms with Gasteiger partial charge in [0.1, 0.15) is 0 Å². The molecule has 0 aliphatic carbocycles. The number of hydrazine groups is 1. The first-order chi connectivity index (χ1) is 9.49. The quantitative estimate of drug-likeness (QED) is 0.544. The van der Waals surface area contributed by atoms with E-state index < -0.39 is 11.6 Å². The van der Waals surface area contributed by atoms with Crippen molar-refractivity contribution in [1.82, 2.24) is 9.66 Å². The number of carbonyl (C=O) groups is 1. The average Bonchev–Trinajstić information content (AvgIpc) is 2.41. The number of anilines is 2. The molecule has 8 nitrogen and oxygen atoms in total. The number of para-hydroxylation sites is 1. The van der Waals surface area contributed by atoms with Crippen LogP contribution in [-0.4, -0.2) is 15.7 Å². The lowest BCUT2D eigenvalue weighted by atomic mass is 10.3. The predicted octanol–water partition coefficient (Wildman–Crippen LogP) is 0.178. The molecule has 0 aliphatic rings. The fourth-order valence-electron chi connectivity index (χ4n) is 1.61. The molecule has 0 spiro atoms. The number of benzene rings is 1. The molecule has 104 valence electrons. The number of urea groups is 1. The number of hydrogen-bond acceptors (Lipinski definition) is 5. The number of carbonyl (C=O) groups excluding carboxylic acids is 1. The molecule has 0 atom stereocenters. The van der Waals surface area contributed by atoms with E-state index >= 15 is 0 Å². The highest BCUT2D eigenvalue weighted by atomic mass is 16.2. The molecule has 0 saturated carbocycles. The largest absolute Gasteiger partial charge is 0.350 e. The predicted molar refractivity (Wildman–Crippen MR) is 75.5 cm³/mol. The molecule has 0 bridgehead atoms. The first kappa shape index (κ1) is 13.4. The standard InChI is InChI=1S/C12H14N6O2/c1-8-7-10(19)17(14)12(15-8)16-18(11(13)20)9-5-3-2-4-6-9/h2-7H,14H2,1H3,(H2,13,20)(H,15,16). The van der Waals surface area contributed by atoms with Gasteiger partial charge in [0.15, 0.2) is 0 Å². The Morgan fingerprint density at radius 2 is 2.00 bits per heavy atom. The zero-order valence-corrected chi connectivity index (χ0v) is 10.8. The zero-order chi connectivity index (χ0) is 14.7. The second-order valence-electron chi connectivity index (χ2n) is 4.05. The molecular weight excluding hydrogens is 260 g/mol. The van der Waals surface area contributed by atoms with E-state index in [0.717, 1.165) is 9.69 Å². The Morgan fingerprint density at radius 1 is 1.35 bits per heavy atom. The Bertz CT molecular complexity index is 682. The van der Waals surface area contributed by atoms with Gasteiger partial charge in [-0.15, -0.1) is 0 Å². The van der Waals surface area contributed by atoms with Crippen molar-refractivity contribution in [2.24, 2.45) is 5.73 Å². The van der Waals surface area contributed by atoms with Gasteiger partial charge in [-0.1, -0.05) is 18.2 Å². The molecule has 8 heteroatoms. The third kappa shape index (κ3) is 2.69. The van der Waals surface area contributed by atoms with Crippen LogP contribution in [0.4, 0.5) is 16.4 Å². The maximum absolute atomic E-state index is 11.6. The van der Waals surface area contributed by atoms with Crippen LogP contribution in [0, 0.1) is 6.92 Å². The highest BCUT2D eigenvalue weighted by molar-refractivity contribution is 5.92. The second kappa shape index (κ2) is 5.31. The van der Waals surface area contributed by atoms with Gasteiger partial charge in [-0.2, -0.15) is 4.68 Å². The van der Waals surface area contributed by atoms with Gasteiger partial charge in [-0.05, 0) is 19.1 Å². The first-order valence-corrected chi connectivity index (χ1v) is 5.76. The smallest absolute Gasteiger partial charge is 0.338 e. The summed E-state index contributed by atoms with van der Waals surface area (Å²) in [5.41, 5.74) is 8.46. The summed E-state index contributed by atoms with van der Waals surface area (Å²) in [4.78, 5) is 27.1. The van der Waals surface area contributed by atoms with Crippen molar-refractivity contribution in [3.05, 3.63) is 52.4 Å². The number of aryl methyl sites for hydroxylation is 1. The Kier molecular flexibility index (Phi) is 3.56. The molecule has 0 saturated heterocycles. The van der Waals surface area contributed by atoms with Crippen LogP contribution in [0.2, 0.25) is 0 Å². The van der Waals surface area contributed by atoms with Crippen molar-refractivity contribution in [2.45, 2.75) is 6.92 Å². The van der Waals surface area contributed by atoms with E-state index in [0.29, 0.717) is 11.4 Å². The van der Waals surface area contributed by atoms with Gasteiger partial charge in [-0.3, -0.25) is 10.2 Å². The van der Waals surface area contributed by atoms with Gasteiger partial charge in [0.25, 0.3) is 5.56 Å². The van der Waals surface area contributed by atoms with Crippen molar-refractivity contribution in [2.75, 3.05) is 16.3 Å². The highest BCUT2D eigenvalue weighted by Gasteiger charge is 2.15. The minimum atomic E-state index is -0.757. The average molecular weight is 274 g/mol. The number of rotatable bonds is 3. The number of nitrogens with two attached hydrogens (primary N) is 2. The van der Waals surface area contributed by atoms with Crippen molar-refractivity contribution in [3.8, 4) is 0 Å². The SMILES string of the molecule is Cc1cc(=O)n(N)c(NN(C(N)=O)c2ccccc2)n1. The molecule has 1 heterocycles. The number of nitrogens with zero attached hydrogens (tertiary/aromatic N) is 3. The molecule has 1 aromatic carbocycles. The third-order valence-corrected chi connectivity index (χ3v) is 2.53. The maximum Gasteiger partial charge on any atom is 0.338 e. The number of primary amides is 1. The first-order valence-electron chi connectivity index (χ1n) is 5.76. The van der Waals surface area contributed by atoms with E-state index in [9.17, 15) is 9.59 Å². The Morgan fingerprint density at radius 3 is 2.60 bits per heavy atom. The van der Waals surface area contributed by atoms with Gasteiger partial charge >= 0.3 is 6.03 Å². The lowest BCUT2D eigenvalue weighted by Gasteiger charge is -2.22. The lowest BCUT2D eigenvalue weighted by molar-refractivity contribution is 0.255. The summed E-state index contributed by atoms with van der Waals surface area (Å²) in [7, 11) is 0. The van der Waals surface area contributed by atoms with Gasteiger partial charge in [0, 0.05) is 11.8 Å². The fraction of sp³-hybridized carbons (Fsp3) is 0.0833. The van der Waals surface area contributed by atoms with Crippen LogP contribution >= 0.6 is 0 Å². The molecule has 1 aromatic heterocycles. The van der Waals surface area contributed by atoms with Crippen LogP contribution in [0.3, 0.4) is 0 Å². The number of amides is 2. The number of hydrogen-bond donors (Lipinski definition) is 3. The van der Waals surface area contributed by atoms with E-state index in [2.05, 4.69) is 10.4 Å².